The zero-order valence-corrected chi connectivity index (χ0v) is 12.4. The SMILES string of the molecule is CCC(C(=O)NC1CC2CCCC(C1)N2C)C(N)=NO. The Bertz CT molecular complexity index is 371. The quantitative estimate of drug-likeness (QED) is 0.309. The molecule has 0 aromatic carbocycles. The average molecular weight is 282 g/mol. The number of nitrogens with one attached hydrogen (secondary N) is 1. The maximum Gasteiger partial charge on any atom is 0.231 e. The summed E-state index contributed by atoms with van der Waals surface area (Å²) in [6, 6.07) is 1.38. The average Bonchev–Trinajstić information content (AvgIpc) is 2.40. The Morgan fingerprint density at radius 1 is 1.45 bits per heavy atom. The van der Waals surface area contributed by atoms with Gasteiger partial charge in [0.15, 0.2) is 5.84 Å². The molecule has 2 heterocycles. The largest absolute Gasteiger partial charge is 0.409 e. The Morgan fingerprint density at radius 3 is 2.55 bits per heavy atom. The van der Waals surface area contributed by atoms with E-state index in [1.165, 1.54) is 19.3 Å². The molecule has 0 spiro atoms. The van der Waals surface area contributed by atoms with Gasteiger partial charge in [-0.05, 0) is 39.2 Å². The molecule has 0 radical (unpaired) electrons. The number of hydrogen-bond donors (Lipinski definition) is 3. The molecule has 0 saturated carbocycles. The second kappa shape index (κ2) is 6.43. The van der Waals surface area contributed by atoms with Crippen molar-refractivity contribution in [3.8, 4) is 0 Å². The van der Waals surface area contributed by atoms with Crippen molar-refractivity contribution < 1.29 is 10.0 Å². The topological polar surface area (TPSA) is 91.0 Å². The first-order valence-corrected chi connectivity index (χ1v) is 7.56. The predicted molar refractivity (Wildman–Crippen MR) is 77.5 cm³/mol. The van der Waals surface area contributed by atoms with E-state index in [4.69, 9.17) is 10.9 Å². The number of nitrogens with two attached hydrogens (primary N) is 1. The molecule has 6 nitrogen and oxygen atoms in total. The minimum Gasteiger partial charge on any atom is -0.409 e. The van der Waals surface area contributed by atoms with E-state index in [0.29, 0.717) is 18.5 Å². The van der Waals surface area contributed by atoms with Crippen LogP contribution in [-0.4, -0.2) is 47.0 Å². The number of amides is 1. The van der Waals surface area contributed by atoms with Crippen molar-refractivity contribution in [3.63, 3.8) is 0 Å². The fraction of sp³-hybridized carbons (Fsp3) is 0.857. The van der Waals surface area contributed by atoms with Crippen LogP contribution in [0, 0.1) is 5.92 Å². The molecule has 2 bridgehead atoms. The Kier molecular flexibility index (Phi) is 4.86. The van der Waals surface area contributed by atoms with Gasteiger partial charge in [-0.25, -0.2) is 0 Å². The molecule has 2 saturated heterocycles. The van der Waals surface area contributed by atoms with Gasteiger partial charge in [0.1, 0.15) is 0 Å². The van der Waals surface area contributed by atoms with Gasteiger partial charge in [0.2, 0.25) is 5.91 Å². The summed E-state index contributed by atoms with van der Waals surface area (Å²) in [6.45, 7) is 1.87. The van der Waals surface area contributed by atoms with E-state index >= 15 is 0 Å². The zero-order chi connectivity index (χ0) is 14.7. The highest BCUT2D eigenvalue weighted by Crippen LogP contribution is 2.32. The summed E-state index contributed by atoms with van der Waals surface area (Å²) in [5.74, 6) is -0.645. The third kappa shape index (κ3) is 3.06. The van der Waals surface area contributed by atoms with Crippen LogP contribution in [0.1, 0.15) is 45.4 Å². The molecule has 4 N–H and O–H groups in total. The van der Waals surface area contributed by atoms with Crippen molar-refractivity contribution in [2.24, 2.45) is 16.8 Å². The summed E-state index contributed by atoms with van der Waals surface area (Å²) in [6.07, 6.45) is 6.29. The fourth-order valence-electron chi connectivity index (χ4n) is 3.63. The number of carbonyl (C=O) groups excluding carboxylic acids is 1. The number of fused-ring (bicyclic) bond motifs is 2. The molecule has 2 rings (SSSR count). The van der Waals surface area contributed by atoms with Gasteiger partial charge in [-0.2, -0.15) is 0 Å². The van der Waals surface area contributed by atoms with Crippen LogP contribution < -0.4 is 11.1 Å². The maximum absolute atomic E-state index is 12.2. The minimum absolute atomic E-state index is 0.00174. The molecule has 0 aromatic rings. The van der Waals surface area contributed by atoms with Gasteiger partial charge in [-0.3, -0.25) is 4.79 Å². The summed E-state index contributed by atoms with van der Waals surface area (Å²) in [5, 5.41) is 14.8. The zero-order valence-electron chi connectivity index (χ0n) is 12.4. The van der Waals surface area contributed by atoms with Gasteiger partial charge in [0.25, 0.3) is 0 Å². The van der Waals surface area contributed by atoms with Crippen LogP contribution in [0.15, 0.2) is 5.16 Å². The molecule has 3 atom stereocenters. The molecule has 20 heavy (non-hydrogen) atoms. The van der Waals surface area contributed by atoms with Crippen molar-refractivity contribution in [2.45, 2.75) is 63.6 Å². The molecule has 2 fully saturated rings. The lowest BCUT2D eigenvalue weighted by Gasteiger charge is -2.47. The Morgan fingerprint density at radius 2 is 2.05 bits per heavy atom. The second-order valence-corrected chi connectivity index (χ2v) is 6.07. The van der Waals surface area contributed by atoms with E-state index in [1.54, 1.807) is 0 Å². The molecule has 3 unspecified atom stereocenters. The lowest BCUT2D eigenvalue weighted by atomic mass is 9.82. The minimum atomic E-state index is -0.528. The third-order valence-electron chi connectivity index (χ3n) is 4.88. The predicted octanol–water partition coefficient (Wildman–Crippen LogP) is 0.891. The monoisotopic (exact) mass is 282 g/mol. The number of hydrogen-bond acceptors (Lipinski definition) is 4. The number of nitrogens with zero attached hydrogens (tertiary/aromatic N) is 2. The summed E-state index contributed by atoms with van der Waals surface area (Å²) in [5.41, 5.74) is 5.58. The van der Waals surface area contributed by atoms with Crippen LogP contribution in [0.3, 0.4) is 0 Å². The van der Waals surface area contributed by atoms with Gasteiger partial charge in [-0.15, -0.1) is 0 Å². The van der Waals surface area contributed by atoms with E-state index < -0.39 is 5.92 Å². The van der Waals surface area contributed by atoms with E-state index in [9.17, 15) is 4.79 Å². The Labute approximate surface area is 120 Å². The highest BCUT2D eigenvalue weighted by Gasteiger charge is 2.37. The number of carbonyl (C=O) groups is 1. The molecule has 2 aliphatic heterocycles. The standard InChI is InChI=1S/C14H26N4O2/c1-3-12(13(15)17-20)14(19)16-9-7-10-5-4-6-11(8-9)18(10)2/h9-12,20H,3-8H2,1-2H3,(H2,15,17)(H,16,19). The molecule has 2 aliphatic rings. The van der Waals surface area contributed by atoms with Crippen LogP contribution in [-0.2, 0) is 4.79 Å². The normalized spacial score (nSPS) is 32.7. The molecular weight excluding hydrogens is 256 g/mol. The maximum atomic E-state index is 12.2. The summed E-state index contributed by atoms with van der Waals surface area (Å²) in [4.78, 5) is 14.7. The van der Waals surface area contributed by atoms with Crippen LogP contribution >= 0.6 is 0 Å². The van der Waals surface area contributed by atoms with E-state index in [-0.39, 0.29) is 17.8 Å². The molecular formula is C14H26N4O2. The smallest absolute Gasteiger partial charge is 0.231 e. The highest BCUT2D eigenvalue weighted by molar-refractivity contribution is 6.02. The van der Waals surface area contributed by atoms with E-state index in [2.05, 4.69) is 22.4 Å². The first kappa shape index (κ1) is 15.1. The van der Waals surface area contributed by atoms with Crippen LogP contribution in [0.4, 0.5) is 0 Å². The Balaban J connectivity index is 1.95. The van der Waals surface area contributed by atoms with E-state index in [0.717, 1.165) is 12.8 Å². The number of rotatable bonds is 4. The lowest BCUT2D eigenvalue weighted by molar-refractivity contribution is -0.124. The van der Waals surface area contributed by atoms with Gasteiger partial charge in [-0.1, -0.05) is 18.5 Å². The van der Waals surface area contributed by atoms with Crippen LogP contribution in [0.25, 0.3) is 0 Å². The molecule has 6 heteroatoms. The first-order chi connectivity index (χ1) is 9.56. The molecule has 0 aliphatic carbocycles. The van der Waals surface area contributed by atoms with Gasteiger partial charge < -0.3 is 21.2 Å². The van der Waals surface area contributed by atoms with Gasteiger partial charge in [0, 0.05) is 18.1 Å². The summed E-state index contributed by atoms with van der Waals surface area (Å²) >= 11 is 0. The van der Waals surface area contributed by atoms with Gasteiger partial charge in [0.05, 0.1) is 5.92 Å². The second-order valence-electron chi connectivity index (χ2n) is 6.07. The fourth-order valence-corrected chi connectivity index (χ4v) is 3.63. The van der Waals surface area contributed by atoms with E-state index in [1.807, 2.05) is 6.92 Å². The number of piperidine rings is 2. The van der Waals surface area contributed by atoms with Crippen molar-refractivity contribution in [3.05, 3.63) is 0 Å². The molecule has 1 amide bonds. The van der Waals surface area contributed by atoms with Crippen LogP contribution in [0.5, 0.6) is 0 Å². The number of oxime groups is 1. The summed E-state index contributed by atoms with van der Waals surface area (Å²) in [7, 11) is 2.19. The lowest BCUT2D eigenvalue weighted by Crippen LogP contribution is -2.56. The van der Waals surface area contributed by atoms with Crippen molar-refractivity contribution >= 4 is 11.7 Å². The van der Waals surface area contributed by atoms with Crippen molar-refractivity contribution in [1.29, 1.82) is 0 Å². The summed E-state index contributed by atoms with van der Waals surface area (Å²) < 4.78 is 0. The highest BCUT2D eigenvalue weighted by atomic mass is 16.4. The van der Waals surface area contributed by atoms with Crippen molar-refractivity contribution in [1.82, 2.24) is 10.2 Å². The molecule has 114 valence electrons. The van der Waals surface area contributed by atoms with Gasteiger partial charge >= 0.3 is 0 Å². The molecule has 0 aromatic heterocycles. The van der Waals surface area contributed by atoms with Crippen LogP contribution in [0.2, 0.25) is 0 Å². The number of amidine groups is 1. The third-order valence-corrected chi connectivity index (χ3v) is 4.88. The first-order valence-electron chi connectivity index (χ1n) is 7.56. The Hall–Kier alpha value is -1.30. The van der Waals surface area contributed by atoms with Crippen molar-refractivity contribution in [2.75, 3.05) is 7.05 Å².